The number of hydrogen-bond donors (Lipinski definition) is 4. The molecule has 1 aliphatic rings. The molecule has 10 nitrogen and oxygen atoms in total. The monoisotopic (exact) mass is 396 g/mol. The first-order valence-corrected chi connectivity index (χ1v) is 9.64. The maximum atomic E-state index is 13.2. The van der Waals surface area contributed by atoms with Crippen LogP contribution in [-0.2, 0) is 17.8 Å². The summed E-state index contributed by atoms with van der Waals surface area (Å²) in [5.41, 5.74) is 6.81. The van der Waals surface area contributed by atoms with Crippen LogP contribution in [0.2, 0.25) is 0 Å². The molecule has 1 fully saturated rings. The van der Waals surface area contributed by atoms with Crippen molar-refractivity contribution in [3.8, 4) is 0 Å². The number of nitrogens with two attached hydrogens (primary N) is 1. The van der Waals surface area contributed by atoms with Crippen LogP contribution < -0.4 is 26.8 Å². The minimum absolute atomic E-state index is 0.113. The van der Waals surface area contributed by atoms with Gasteiger partial charge in [-0.1, -0.05) is 30.3 Å². The van der Waals surface area contributed by atoms with Crippen molar-refractivity contribution in [2.24, 2.45) is 5.73 Å². The van der Waals surface area contributed by atoms with Crippen molar-refractivity contribution in [3.05, 3.63) is 46.2 Å². The average Bonchev–Trinajstić information content (AvgIpc) is 3.17. The fraction of sp³-hybridized carbons (Fsp3) is 0.368. The fourth-order valence-electron chi connectivity index (χ4n) is 3.39. The molecule has 1 saturated heterocycles. The summed E-state index contributed by atoms with van der Waals surface area (Å²) in [5.74, 6) is 0.390. The van der Waals surface area contributed by atoms with Gasteiger partial charge in [0.2, 0.25) is 17.8 Å². The van der Waals surface area contributed by atoms with Crippen LogP contribution in [-0.4, -0.2) is 58.1 Å². The Morgan fingerprint density at radius 3 is 2.66 bits per heavy atom. The highest BCUT2D eigenvalue weighted by Gasteiger charge is 2.19. The number of fused-ring (bicyclic) bond motifs is 1. The Kier molecular flexibility index (Phi) is 5.43. The molecule has 1 aliphatic heterocycles. The number of H-pyrrole nitrogens is 1. The molecule has 0 spiro atoms. The van der Waals surface area contributed by atoms with Crippen molar-refractivity contribution >= 4 is 29.0 Å². The normalized spacial score (nSPS) is 14.3. The zero-order valence-corrected chi connectivity index (χ0v) is 16.0. The summed E-state index contributed by atoms with van der Waals surface area (Å²) < 4.78 is 1.53. The van der Waals surface area contributed by atoms with Crippen LogP contribution >= 0.6 is 0 Å². The molecule has 2 aromatic heterocycles. The summed E-state index contributed by atoms with van der Waals surface area (Å²) in [4.78, 5) is 38.6. The highest BCUT2D eigenvalue weighted by atomic mass is 16.1. The molecule has 29 heavy (non-hydrogen) atoms. The van der Waals surface area contributed by atoms with E-state index in [2.05, 4.69) is 30.5 Å². The van der Waals surface area contributed by atoms with E-state index in [1.165, 1.54) is 4.57 Å². The van der Waals surface area contributed by atoms with Crippen LogP contribution in [0.5, 0.6) is 0 Å². The van der Waals surface area contributed by atoms with E-state index in [4.69, 9.17) is 5.73 Å². The van der Waals surface area contributed by atoms with Gasteiger partial charge in [-0.05, 0) is 12.0 Å². The standard InChI is InChI=1S/C19H24N8O2/c20-14(28)12-22-18-24-16-15(23-19(25-16)26-10-7-21-8-11-26)17(29)27(18)9-6-13-4-2-1-3-5-13/h1-5,21H,6-12H2,(H2,20,28)(H,22,24)(H,23,25). The van der Waals surface area contributed by atoms with Gasteiger partial charge < -0.3 is 26.3 Å². The predicted molar refractivity (Wildman–Crippen MR) is 111 cm³/mol. The van der Waals surface area contributed by atoms with Crippen molar-refractivity contribution in [1.29, 1.82) is 0 Å². The van der Waals surface area contributed by atoms with Gasteiger partial charge in [0, 0.05) is 32.7 Å². The summed E-state index contributed by atoms with van der Waals surface area (Å²) in [5, 5.41) is 6.16. The lowest BCUT2D eigenvalue weighted by molar-refractivity contribution is -0.116. The maximum Gasteiger partial charge on any atom is 0.281 e. The van der Waals surface area contributed by atoms with Crippen molar-refractivity contribution in [2.75, 3.05) is 42.9 Å². The molecule has 3 aromatic rings. The van der Waals surface area contributed by atoms with Crippen molar-refractivity contribution in [3.63, 3.8) is 0 Å². The maximum absolute atomic E-state index is 13.2. The van der Waals surface area contributed by atoms with Gasteiger partial charge in [-0.3, -0.25) is 14.2 Å². The van der Waals surface area contributed by atoms with Gasteiger partial charge in [-0.2, -0.15) is 9.97 Å². The minimum atomic E-state index is -0.530. The number of carbonyl (C=O) groups is 1. The number of rotatable bonds is 7. The van der Waals surface area contributed by atoms with Crippen LogP contribution in [0.15, 0.2) is 35.1 Å². The van der Waals surface area contributed by atoms with Crippen molar-refractivity contribution in [2.45, 2.75) is 13.0 Å². The van der Waals surface area contributed by atoms with Crippen LogP contribution in [0.4, 0.5) is 11.9 Å². The average molecular weight is 396 g/mol. The number of benzene rings is 1. The minimum Gasteiger partial charge on any atom is -0.368 e. The first-order valence-electron chi connectivity index (χ1n) is 9.64. The van der Waals surface area contributed by atoms with E-state index in [1.807, 2.05) is 30.3 Å². The summed E-state index contributed by atoms with van der Waals surface area (Å²) in [6, 6.07) is 9.88. The Balaban J connectivity index is 1.69. The number of hydrogen-bond acceptors (Lipinski definition) is 7. The zero-order chi connectivity index (χ0) is 20.2. The molecular weight excluding hydrogens is 372 g/mol. The molecule has 152 valence electrons. The number of primary amides is 1. The van der Waals surface area contributed by atoms with E-state index in [9.17, 15) is 9.59 Å². The molecule has 0 atom stereocenters. The van der Waals surface area contributed by atoms with Crippen molar-refractivity contribution < 1.29 is 4.79 Å². The first kappa shape index (κ1) is 18.9. The second kappa shape index (κ2) is 8.31. The Morgan fingerprint density at radius 2 is 1.93 bits per heavy atom. The molecule has 3 heterocycles. The molecule has 1 amide bonds. The van der Waals surface area contributed by atoms with E-state index in [0.717, 1.165) is 31.7 Å². The lowest BCUT2D eigenvalue weighted by atomic mass is 10.1. The Labute approximate surface area is 167 Å². The second-order valence-corrected chi connectivity index (χ2v) is 6.94. The molecule has 0 bridgehead atoms. The van der Waals surface area contributed by atoms with Gasteiger partial charge in [0.25, 0.3) is 5.56 Å². The van der Waals surface area contributed by atoms with Crippen LogP contribution in [0.3, 0.4) is 0 Å². The summed E-state index contributed by atoms with van der Waals surface area (Å²) in [6.07, 6.45) is 0.651. The highest BCUT2D eigenvalue weighted by molar-refractivity contribution is 5.79. The van der Waals surface area contributed by atoms with Gasteiger partial charge in [-0.15, -0.1) is 0 Å². The number of imidazole rings is 1. The molecule has 10 heteroatoms. The van der Waals surface area contributed by atoms with Gasteiger partial charge >= 0.3 is 0 Å². The molecule has 0 radical (unpaired) electrons. The third kappa shape index (κ3) is 4.21. The third-order valence-electron chi connectivity index (χ3n) is 4.90. The number of aryl methyl sites for hydroxylation is 1. The van der Waals surface area contributed by atoms with Gasteiger partial charge in [-0.25, -0.2) is 0 Å². The molecule has 5 N–H and O–H groups in total. The largest absolute Gasteiger partial charge is 0.368 e. The number of piperazine rings is 1. The van der Waals surface area contributed by atoms with Gasteiger partial charge in [0.05, 0.1) is 6.54 Å². The summed E-state index contributed by atoms with van der Waals surface area (Å²) in [7, 11) is 0. The first-order chi connectivity index (χ1) is 14.1. The number of carbonyl (C=O) groups excluding carboxylic acids is 1. The zero-order valence-electron chi connectivity index (χ0n) is 16.0. The number of amides is 1. The van der Waals surface area contributed by atoms with E-state index < -0.39 is 5.91 Å². The van der Waals surface area contributed by atoms with Gasteiger partial charge in [0.1, 0.15) is 0 Å². The van der Waals surface area contributed by atoms with E-state index in [-0.39, 0.29) is 18.1 Å². The molecule has 4 rings (SSSR count). The third-order valence-corrected chi connectivity index (χ3v) is 4.90. The van der Waals surface area contributed by atoms with E-state index in [0.29, 0.717) is 30.1 Å². The lowest BCUT2D eigenvalue weighted by Gasteiger charge is -2.26. The van der Waals surface area contributed by atoms with Crippen LogP contribution in [0.25, 0.3) is 11.2 Å². The Bertz CT molecular complexity index is 1050. The number of nitrogens with zero attached hydrogens (tertiary/aromatic N) is 4. The number of aromatic amines is 1. The fourth-order valence-corrected chi connectivity index (χ4v) is 3.39. The Morgan fingerprint density at radius 1 is 1.17 bits per heavy atom. The van der Waals surface area contributed by atoms with E-state index in [1.54, 1.807) is 0 Å². The highest BCUT2D eigenvalue weighted by Crippen LogP contribution is 2.16. The van der Waals surface area contributed by atoms with Gasteiger partial charge in [0.15, 0.2) is 11.2 Å². The molecular formula is C19H24N8O2. The second-order valence-electron chi connectivity index (χ2n) is 6.94. The number of aromatic nitrogens is 4. The number of nitrogens with one attached hydrogen (secondary N) is 3. The summed E-state index contributed by atoms with van der Waals surface area (Å²) in [6.45, 7) is 3.62. The SMILES string of the molecule is NC(=O)CNc1nc2nc(N3CCNCC3)[nH]c2c(=O)n1CCc1ccccc1. The molecule has 0 aliphatic carbocycles. The quantitative estimate of drug-likeness (QED) is 0.430. The topological polar surface area (TPSA) is 134 Å². The van der Waals surface area contributed by atoms with Crippen LogP contribution in [0.1, 0.15) is 5.56 Å². The van der Waals surface area contributed by atoms with Crippen molar-refractivity contribution in [1.82, 2.24) is 24.8 Å². The predicted octanol–water partition coefficient (Wildman–Crippen LogP) is -0.331. The molecule has 0 saturated carbocycles. The Hall–Kier alpha value is -3.40. The number of anilines is 2. The van der Waals surface area contributed by atoms with E-state index >= 15 is 0 Å². The lowest BCUT2D eigenvalue weighted by Crippen LogP contribution is -2.44. The van der Waals surface area contributed by atoms with Crippen LogP contribution in [0, 0.1) is 0 Å². The summed E-state index contributed by atoms with van der Waals surface area (Å²) >= 11 is 0. The molecule has 1 aromatic carbocycles. The molecule has 0 unspecified atom stereocenters. The smallest absolute Gasteiger partial charge is 0.281 e.